The molecule has 0 fully saturated rings. The Morgan fingerprint density at radius 1 is 1.22 bits per heavy atom. The fourth-order valence-corrected chi connectivity index (χ4v) is 1.78. The highest BCUT2D eigenvalue weighted by Gasteiger charge is 2.19. The van der Waals surface area contributed by atoms with Gasteiger partial charge >= 0.3 is 5.97 Å². The van der Waals surface area contributed by atoms with Gasteiger partial charge in [0.2, 0.25) is 5.91 Å². The molecule has 0 aliphatic rings. The van der Waals surface area contributed by atoms with Gasteiger partial charge in [-0.15, -0.1) is 5.10 Å². The van der Waals surface area contributed by atoms with Crippen LogP contribution in [0.3, 0.4) is 0 Å². The Bertz CT molecular complexity index is 745. The molecule has 1 amide bonds. The number of rotatable bonds is 4. The van der Waals surface area contributed by atoms with Gasteiger partial charge in [0.1, 0.15) is 23.0 Å². The van der Waals surface area contributed by atoms with Crippen molar-refractivity contribution in [3.8, 4) is 0 Å². The highest BCUT2D eigenvalue weighted by molar-refractivity contribution is 6.00. The first-order chi connectivity index (χ1) is 10.9. The molecule has 1 aromatic carbocycles. The van der Waals surface area contributed by atoms with Crippen molar-refractivity contribution in [3.05, 3.63) is 53.0 Å². The van der Waals surface area contributed by atoms with Crippen molar-refractivity contribution in [1.29, 1.82) is 0 Å². The molecule has 6 nitrogen and oxygen atoms in total. The van der Waals surface area contributed by atoms with E-state index in [-0.39, 0.29) is 11.4 Å². The van der Waals surface area contributed by atoms with E-state index in [1.54, 1.807) is 0 Å². The molecule has 0 saturated heterocycles. The zero-order chi connectivity index (χ0) is 17.0. The zero-order valence-electron chi connectivity index (χ0n) is 11.8. The van der Waals surface area contributed by atoms with Gasteiger partial charge in [-0.2, -0.15) is 5.10 Å². The predicted molar refractivity (Wildman–Crippen MR) is 72.0 cm³/mol. The molecule has 0 aliphatic carbocycles. The van der Waals surface area contributed by atoms with Crippen LogP contribution in [0.1, 0.15) is 15.9 Å². The van der Waals surface area contributed by atoms with Crippen LogP contribution in [0.15, 0.2) is 24.4 Å². The summed E-state index contributed by atoms with van der Waals surface area (Å²) in [5, 5.41) is 9.26. The topological polar surface area (TPSA) is 81.2 Å². The highest BCUT2D eigenvalue weighted by Crippen LogP contribution is 2.17. The lowest BCUT2D eigenvalue weighted by Gasteiger charge is -2.08. The first kappa shape index (κ1) is 16.4. The summed E-state index contributed by atoms with van der Waals surface area (Å²) in [5.74, 6) is -5.32. The standard InChI is InChI=1S/C14H10F3N3O3/c1-23-14(22)8-2-3-18-20-13(8)19-12(21)6-9-10(16)4-7(15)5-11(9)17/h2-5H,6H2,1H3,(H,19,20,21). The van der Waals surface area contributed by atoms with Crippen LogP contribution in [0.25, 0.3) is 0 Å². The zero-order valence-corrected chi connectivity index (χ0v) is 11.8. The van der Waals surface area contributed by atoms with E-state index in [1.165, 1.54) is 12.3 Å². The number of methoxy groups -OCH3 is 1. The summed E-state index contributed by atoms with van der Waals surface area (Å²) in [6, 6.07) is 2.19. The number of aromatic nitrogens is 2. The van der Waals surface area contributed by atoms with Gasteiger partial charge in [0, 0.05) is 17.7 Å². The number of hydrogen-bond acceptors (Lipinski definition) is 5. The smallest absolute Gasteiger partial charge is 0.341 e. The van der Waals surface area contributed by atoms with Crippen LogP contribution in [-0.2, 0) is 16.0 Å². The highest BCUT2D eigenvalue weighted by atomic mass is 19.1. The number of amides is 1. The van der Waals surface area contributed by atoms with Gasteiger partial charge in [0.15, 0.2) is 5.82 Å². The van der Waals surface area contributed by atoms with E-state index in [1.807, 2.05) is 0 Å². The molecule has 0 aliphatic heterocycles. The Hall–Kier alpha value is -2.97. The summed E-state index contributed by atoms with van der Waals surface area (Å²) in [6.07, 6.45) is 0.496. The van der Waals surface area contributed by atoms with E-state index in [4.69, 9.17) is 0 Å². The molecule has 23 heavy (non-hydrogen) atoms. The van der Waals surface area contributed by atoms with Gasteiger partial charge in [-0.25, -0.2) is 18.0 Å². The Morgan fingerprint density at radius 3 is 2.48 bits per heavy atom. The lowest BCUT2D eigenvalue weighted by molar-refractivity contribution is -0.115. The molecule has 0 radical (unpaired) electrons. The van der Waals surface area contributed by atoms with Crippen molar-refractivity contribution >= 4 is 17.7 Å². The number of hydrogen-bond donors (Lipinski definition) is 1. The van der Waals surface area contributed by atoms with Crippen molar-refractivity contribution in [2.24, 2.45) is 0 Å². The molecule has 0 bridgehead atoms. The monoisotopic (exact) mass is 325 g/mol. The minimum absolute atomic E-state index is 0.0732. The average Bonchev–Trinajstić information content (AvgIpc) is 2.50. The number of benzene rings is 1. The summed E-state index contributed by atoms with van der Waals surface area (Å²) in [6.45, 7) is 0. The molecule has 9 heteroatoms. The van der Waals surface area contributed by atoms with Crippen LogP contribution in [0, 0.1) is 17.5 Å². The molecule has 2 aromatic rings. The largest absolute Gasteiger partial charge is 0.465 e. The minimum Gasteiger partial charge on any atom is -0.465 e. The second kappa shape index (κ2) is 6.86. The van der Waals surface area contributed by atoms with Gasteiger partial charge in [-0.3, -0.25) is 4.79 Å². The number of nitrogens with one attached hydrogen (secondary N) is 1. The molecule has 1 heterocycles. The van der Waals surface area contributed by atoms with Crippen molar-refractivity contribution in [2.45, 2.75) is 6.42 Å². The van der Waals surface area contributed by atoms with E-state index < -0.39 is 41.3 Å². The average molecular weight is 325 g/mol. The van der Waals surface area contributed by atoms with Crippen molar-refractivity contribution in [3.63, 3.8) is 0 Å². The summed E-state index contributed by atoms with van der Waals surface area (Å²) < 4.78 is 44.4. The summed E-state index contributed by atoms with van der Waals surface area (Å²) in [4.78, 5) is 23.4. The molecular formula is C14H10F3N3O3. The fourth-order valence-electron chi connectivity index (χ4n) is 1.78. The number of carbonyl (C=O) groups is 2. The third-order valence-electron chi connectivity index (χ3n) is 2.83. The maximum atomic E-state index is 13.5. The van der Waals surface area contributed by atoms with Gasteiger partial charge in [-0.1, -0.05) is 0 Å². The van der Waals surface area contributed by atoms with Crippen molar-refractivity contribution < 1.29 is 27.5 Å². The van der Waals surface area contributed by atoms with Gasteiger partial charge < -0.3 is 10.1 Å². The molecule has 0 unspecified atom stereocenters. The first-order valence-electron chi connectivity index (χ1n) is 6.25. The van der Waals surface area contributed by atoms with Crippen molar-refractivity contribution in [2.75, 3.05) is 12.4 Å². The molecular weight excluding hydrogens is 315 g/mol. The lowest BCUT2D eigenvalue weighted by atomic mass is 10.1. The number of carbonyl (C=O) groups excluding carboxylic acids is 2. The number of nitrogens with zero attached hydrogens (tertiary/aromatic N) is 2. The third-order valence-corrected chi connectivity index (χ3v) is 2.83. The molecule has 2 rings (SSSR count). The summed E-state index contributed by atoms with van der Waals surface area (Å²) in [5.41, 5.74) is -0.677. The quantitative estimate of drug-likeness (QED) is 0.868. The van der Waals surface area contributed by atoms with Gasteiger partial charge in [-0.05, 0) is 6.07 Å². The van der Waals surface area contributed by atoms with E-state index in [0.29, 0.717) is 12.1 Å². The van der Waals surface area contributed by atoms with Crippen LogP contribution in [-0.4, -0.2) is 29.2 Å². The molecule has 120 valence electrons. The second-order valence-electron chi connectivity index (χ2n) is 4.36. The number of ether oxygens (including phenoxy) is 1. The van der Waals surface area contributed by atoms with E-state index >= 15 is 0 Å². The van der Waals surface area contributed by atoms with Gasteiger partial charge in [0.05, 0.1) is 19.7 Å². The predicted octanol–water partition coefficient (Wildman–Crippen LogP) is 1.86. The summed E-state index contributed by atoms with van der Waals surface area (Å²) in [7, 11) is 1.14. The maximum absolute atomic E-state index is 13.5. The second-order valence-corrected chi connectivity index (χ2v) is 4.36. The molecule has 0 saturated carbocycles. The number of halogens is 3. The fraction of sp³-hybridized carbons (Fsp3) is 0.143. The molecule has 1 aromatic heterocycles. The van der Waals surface area contributed by atoms with Crippen LogP contribution in [0.4, 0.5) is 19.0 Å². The minimum atomic E-state index is -1.19. The Morgan fingerprint density at radius 2 is 1.87 bits per heavy atom. The van der Waals surface area contributed by atoms with E-state index in [0.717, 1.165) is 7.11 Å². The molecule has 1 N–H and O–H groups in total. The van der Waals surface area contributed by atoms with E-state index in [2.05, 4.69) is 20.3 Å². The first-order valence-corrected chi connectivity index (χ1v) is 6.25. The van der Waals surface area contributed by atoms with Crippen molar-refractivity contribution in [1.82, 2.24) is 10.2 Å². The van der Waals surface area contributed by atoms with Crippen LogP contribution in [0.2, 0.25) is 0 Å². The number of anilines is 1. The van der Waals surface area contributed by atoms with Crippen LogP contribution in [0.5, 0.6) is 0 Å². The van der Waals surface area contributed by atoms with Crippen LogP contribution < -0.4 is 5.32 Å². The third kappa shape index (κ3) is 3.82. The lowest BCUT2D eigenvalue weighted by Crippen LogP contribution is -2.20. The maximum Gasteiger partial charge on any atom is 0.341 e. The summed E-state index contributed by atoms with van der Waals surface area (Å²) >= 11 is 0. The van der Waals surface area contributed by atoms with Gasteiger partial charge in [0.25, 0.3) is 0 Å². The Kier molecular flexibility index (Phi) is 4.89. The molecule has 0 atom stereocenters. The molecule has 0 spiro atoms. The Balaban J connectivity index is 2.20. The Labute approximate surface area is 128 Å². The van der Waals surface area contributed by atoms with Crippen LogP contribution >= 0.6 is 0 Å². The van der Waals surface area contributed by atoms with E-state index in [9.17, 15) is 22.8 Å². The SMILES string of the molecule is COC(=O)c1ccnnc1NC(=O)Cc1c(F)cc(F)cc1F. The normalized spacial score (nSPS) is 10.3. The number of esters is 1.